The fourth-order valence-corrected chi connectivity index (χ4v) is 1.30. The van der Waals surface area contributed by atoms with Crippen LogP contribution in [0.5, 0.6) is 0 Å². The quantitative estimate of drug-likeness (QED) is 0.886. The molecule has 0 radical (unpaired) electrons. The minimum absolute atomic E-state index is 0. The molecule has 0 aliphatic carbocycles. The van der Waals surface area contributed by atoms with Crippen LogP contribution in [0.3, 0.4) is 0 Å². The third kappa shape index (κ3) is 8.75. The lowest BCUT2D eigenvalue weighted by atomic mass is 10.0. The van der Waals surface area contributed by atoms with Crippen molar-refractivity contribution in [1.29, 1.82) is 0 Å². The zero-order valence-electron chi connectivity index (χ0n) is 12.5. The molecule has 2 nitrogen and oxygen atoms in total. The molecule has 0 saturated heterocycles. The van der Waals surface area contributed by atoms with E-state index in [1.807, 2.05) is 27.7 Å². The number of rotatable bonds is 4. The smallest absolute Gasteiger partial charge is 0.159 e. The lowest BCUT2D eigenvalue weighted by molar-refractivity contribution is -0.119. The van der Waals surface area contributed by atoms with E-state index in [1.54, 1.807) is 6.92 Å². The summed E-state index contributed by atoms with van der Waals surface area (Å²) in [6.45, 7) is 9.72. The first-order valence-electron chi connectivity index (χ1n) is 6.76. The van der Waals surface area contributed by atoms with E-state index in [9.17, 15) is 13.6 Å². The standard InChI is InChI=1S/C11H13F2NO.2C2H6.CH4/c1-2-11(15)10(14)6-7-3-4-8(12)9(13)5-7;2*1-2;/h3-5,10H,2,6,14H2,1H3;2*1-2H3;1H4. The van der Waals surface area contributed by atoms with Gasteiger partial charge in [0.05, 0.1) is 6.04 Å². The van der Waals surface area contributed by atoms with Crippen LogP contribution >= 0.6 is 0 Å². The van der Waals surface area contributed by atoms with E-state index in [0.717, 1.165) is 12.1 Å². The Balaban J connectivity index is -0.000000529. The van der Waals surface area contributed by atoms with Gasteiger partial charge in [-0.15, -0.1) is 0 Å². The molecule has 1 atom stereocenters. The summed E-state index contributed by atoms with van der Waals surface area (Å²) in [6, 6.07) is 2.90. The summed E-state index contributed by atoms with van der Waals surface area (Å²) in [7, 11) is 0. The minimum atomic E-state index is -0.913. The molecule has 0 aliphatic heterocycles. The Bertz CT molecular complexity index is 367. The number of Topliss-reactive ketones (excluding diaryl/α,β-unsaturated/α-hetero) is 1. The first-order chi connectivity index (χ1) is 9.04. The Morgan fingerprint density at radius 2 is 1.65 bits per heavy atom. The van der Waals surface area contributed by atoms with Gasteiger partial charge in [-0.25, -0.2) is 8.78 Å². The number of benzene rings is 1. The van der Waals surface area contributed by atoms with Crippen molar-refractivity contribution in [3.63, 3.8) is 0 Å². The van der Waals surface area contributed by atoms with Gasteiger partial charge in [-0.3, -0.25) is 4.79 Å². The summed E-state index contributed by atoms with van der Waals surface area (Å²) in [5.74, 6) is -1.89. The van der Waals surface area contributed by atoms with Crippen LogP contribution in [0.25, 0.3) is 0 Å². The summed E-state index contributed by atoms with van der Waals surface area (Å²) in [4.78, 5) is 11.2. The lowest BCUT2D eigenvalue weighted by Crippen LogP contribution is -2.32. The van der Waals surface area contributed by atoms with E-state index < -0.39 is 17.7 Å². The second kappa shape index (κ2) is 14.1. The fraction of sp³-hybridized carbons (Fsp3) is 0.562. The van der Waals surface area contributed by atoms with Gasteiger partial charge < -0.3 is 5.73 Å². The SMILES string of the molecule is C.CC.CC.CCC(=O)C(N)Cc1ccc(F)c(F)c1. The molecule has 1 aromatic rings. The summed E-state index contributed by atoms with van der Waals surface area (Å²) >= 11 is 0. The Morgan fingerprint density at radius 1 is 1.15 bits per heavy atom. The third-order valence-corrected chi connectivity index (χ3v) is 2.20. The first kappa shape index (κ1) is 23.8. The number of nitrogens with two attached hydrogens (primary N) is 1. The molecule has 0 heterocycles. The number of hydrogen-bond donors (Lipinski definition) is 1. The van der Waals surface area contributed by atoms with Gasteiger partial charge in [-0.2, -0.15) is 0 Å². The van der Waals surface area contributed by atoms with Crippen molar-refractivity contribution in [2.75, 3.05) is 0 Å². The van der Waals surface area contributed by atoms with Gasteiger partial charge in [-0.05, 0) is 24.1 Å². The van der Waals surface area contributed by atoms with Crippen molar-refractivity contribution in [2.45, 2.75) is 60.9 Å². The van der Waals surface area contributed by atoms with E-state index in [4.69, 9.17) is 5.73 Å². The number of ketones is 1. The van der Waals surface area contributed by atoms with Gasteiger partial charge >= 0.3 is 0 Å². The largest absolute Gasteiger partial charge is 0.321 e. The predicted molar refractivity (Wildman–Crippen MR) is 82.8 cm³/mol. The average Bonchev–Trinajstić information content (AvgIpc) is 2.46. The van der Waals surface area contributed by atoms with E-state index >= 15 is 0 Å². The Morgan fingerprint density at radius 3 is 2.05 bits per heavy atom. The Kier molecular flexibility index (Phi) is 16.8. The Hall–Kier alpha value is -1.29. The van der Waals surface area contributed by atoms with Crippen LogP contribution in [0, 0.1) is 11.6 Å². The van der Waals surface area contributed by atoms with Gasteiger partial charge in [0, 0.05) is 6.42 Å². The van der Waals surface area contributed by atoms with Crippen molar-refractivity contribution in [3.05, 3.63) is 35.4 Å². The molecule has 0 fully saturated rings. The maximum absolute atomic E-state index is 12.8. The van der Waals surface area contributed by atoms with Crippen LogP contribution in [0.2, 0.25) is 0 Å². The van der Waals surface area contributed by atoms with Crippen LogP contribution in [-0.2, 0) is 11.2 Å². The summed E-state index contributed by atoms with van der Waals surface area (Å²) < 4.78 is 25.4. The highest BCUT2D eigenvalue weighted by atomic mass is 19.2. The van der Waals surface area contributed by atoms with Crippen LogP contribution in [0.15, 0.2) is 18.2 Å². The fourth-order valence-electron chi connectivity index (χ4n) is 1.30. The molecule has 2 N–H and O–H groups in total. The third-order valence-electron chi connectivity index (χ3n) is 2.20. The van der Waals surface area contributed by atoms with Crippen LogP contribution in [0.1, 0.15) is 54.0 Å². The highest BCUT2D eigenvalue weighted by Gasteiger charge is 2.12. The summed E-state index contributed by atoms with van der Waals surface area (Å²) in [5.41, 5.74) is 6.11. The number of hydrogen-bond acceptors (Lipinski definition) is 2. The van der Waals surface area contributed by atoms with Gasteiger partial charge in [0.2, 0.25) is 0 Å². The number of halogens is 2. The predicted octanol–water partition coefficient (Wildman–Crippen LogP) is 4.50. The van der Waals surface area contributed by atoms with Crippen molar-refractivity contribution in [3.8, 4) is 0 Å². The molecular weight excluding hydrogens is 260 g/mol. The zero-order chi connectivity index (χ0) is 15.4. The summed E-state index contributed by atoms with van der Waals surface area (Å²) in [5, 5.41) is 0. The maximum atomic E-state index is 12.8. The zero-order valence-corrected chi connectivity index (χ0v) is 12.5. The molecule has 118 valence electrons. The highest BCUT2D eigenvalue weighted by molar-refractivity contribution is 5.83. The van der Waals surface area contributed by atoms with Crippen molar-refractivity contribution in [1.82, 2.24) is 0 Å². The second-order valence-corrected chi connectivity index (χ2v) is 3.38. The molecule has 0 bridgehead atoms. The monoisotopic (exact) mass is 289 g/mol. The number of carbonyl (C=O) groups is 1. The van der Waals surface area contributed by atoms with Gasteiger partial charge in [0.25, 0.3) is 0 Å². The molecule has 0 aromatic heterocycles. The molecule has 0 amide bonds. The van der Waals surface area contributed by atoms with Gasteiger partial charge in [-0.1, -0.05) is 48.1 Å². The molecule has 0 aliphatic rings. The molecule has 0 spiro atoms. The van der Waals surface area contributed by atoms with Crippen LogP contribution in [0.4, 0.5) is 8.78 Å². The Labute approximate surface area is 122 Å². The van der Waals surface area contributed by atoms with Gasteiger partial charge in [0.15, 0.2) is 11.6 Å². The molecule has 1 unspecified atom stereocenters. The molecule has 0 saturated carbocycles. The van der Waals surface area contributed by atoms with Crippen LogP contribution < -0.4 is 5.73 Å². The first-order valence-corrected chi connectivity index (χ1v) is 6.76. The van der Waals surface area contributed by atoms with E-state index in [1.165, 1.54) is 6.07 Å². The highest BCUT2D eigenvalue weighted by Crippen LogP contribution is 2.10. The molecule has 4 heteroatoms. The second-order valence-electron chi connectivity index (χ2n) is 3.38. The van der Waals surface area contributed by atoms with Crippen molar-refractivity contribution >= 4 is 5.78 Å². The molecule has 20 heavy (non-hydrogen) atoms. The van der Waals surface area contributed by atoms with E-state index in [-0.39, 0.29) is 19.6 Å². The van der Waals surface area contributed by atoms with Crippen LogP contribution in [-0.4, -0.2) is 11.8 Å². The summed E-state index contributed by atoms with van der Waals surface area (Å²) in [6.07, 6.45) is 0.592. The topological polar surface area (TPSA) is 43.1 Å². The lowest BCUT2D eigenvalue weighted by Gasteiger charge is -2.09. The van der Waals surface area contributed by atoms with Gasteiger partial charge in [0.1, 0.15) is 5.78 Å². The maximum Gasteiger partial charge on any atom is 0.159 e. The van der Waals surface area contributed by atoms with Crippen molar-refractivity contribution < 1.29 is 13.6 Å². The molecule has 1 rings (SSSR count). The average molecular weight is 289 g/mol. The van der Waals surface area contributed by atoms with E-state index in [0.29, 0.717) is 12.0 Å². The normalized spacial score (nSPS) is 10.0. The minimum Gasteiger partial charge on any atom is -0.321 e. The van der Waals surface area contributed by atoms with E-state index in [2.05, 4.69) is 0 Å². The number of carbonyl (C=O) groups excluding carboxylic acids is 1. The molecular formula is C16H29F2NO. The molecule has 1 aromatic carbocycles. The van der Waals surface area contributed by atoms with Crippen molar-refractivity contribution in [2.24, 2.45) is 5.73 Å².